The van der Waals surface area contributed by atoms with Crippen LogP contribution in [0.5, 0.6) is 11.5 Å². The molecule has 2 bridgehead atoms. The first kappa shape index (κ1) is 30.7. The summed E-state index contributed by atoms with van der Waals surface area (Å²) in [7, 11) is 3.36. The fourth-order valence-electron chi connectivity index (χ4n) is 10.0. The number of aromatic nitrogens is 1. The van der Waals surface area contributed by atoms with Gasteiger partial charge in [-0.1, -0.05) is 17.7 Å². The Morgan fingerprint density at radius 1 is 1.02 bits per heavy atom. The first-order valence-electron chi connectivity index (χ1n) is 16.5. The van der Waals surface area contributed by atoms with Crippen molar-refractivity contribution in [1.82, 2.24) is 9.47 Å². The van der Waals surface area contributed by atoms with Crippen LogP contribution in [0.15, 0.2) is 54.1 Å². The van der Waals surface area contributed by atoms with E-state index in [2.05, 4.69) is 21.9 Å². The normalized spacial score (nSPS) is 28.9. The lowest BCUT2D eigenvalue weighted by molar-refractivity contribution is -0.132. The minimum absolute atomic E-state index is 0.0242. The summed E-state index contributed by atoms with van der Waals surface area (Å²) >= 11 is 0. The van der Waals surface area contributed by atoms with E-state index >= 15 is 0 Å². The van der Waals surface area contributed by atoms with E-state index in [1.807, 2.05) is 6.07 Å². The van der Waals surface area contributed by atoms with Gasteiger partial charge in [0.15, 0.2) is 11.5 Å². The molecule has 0 radical (unpaired) electrons. The zero-order chi connectivity index (χ0) is 33.6. The summed E-state index contributed by atoms with van der Waals surface area (Å²) in [6.07, 6.45) is 5.11. The quantitative estimate of drug-likeness (QED) is 0.380. The summed E-state index contributed by atoms with van der Waals surface area (Å²) in [4.78, 5) is 40.3. The zero-order valence-electron chi connectivity index (χ0n) is 27.4. The van der Waals surface area contributed by atoms with E-state index in [4.69, 9.17) is 24.4 Å². The van der Waals surface area contributed by atoms with Gasteiger partial charge in [0, 0.05) is 47.1 Å². The van der Waals surface area contributed by atoms with Crippen molar-refractivity contribution in [2.24, 2.45) is 11.8 Å². The summed E-state index contributed by atoms with van der Waals surface area (Å²) in [5.41, 5.74) is 6.21. The fraction of sp³-hybridized carbons (Fsp3) is 0.432. The van der Waals surface area contributed by atoms with Gasteiger partial charge in [-0.3, -0.25) is 9.69 Å². The number of aromatic carboxylic acids is 2. The lowest BCUT2D eigenvalue weighted by Gasteiger charge is -2.58. The van der Waals surface area contributed by atoms with Crippen LogP contribution in [-0.4, -0.2) is 89.6 Å². The van der Waals surface area contributed by atoms with Crippen LogP contribution in [0.3, 0.4) is 0 Å². The summed E-state index contributed by atoms with van der Waals surface area (Å²) in [6.45, 7) is 6.29. The number of carboxylic acids is 2. The minimum atomic E-state index is -1.01. The van der Waals surface area contributed by atoms with E-state index in [0.29, 0.717) is 48.0 Å². The molecular weight excluding hydrogens is 614 g/mol. The predicted octanol–water partition coefficient (Wildman–Crippen LogP) is 4.60. The molecule has 1 spiro atoms. The summed E-state index contributed by atoms with van der Waals surface area (Å²) < 4.78 is 19.3. The van der Waals surface area contributed by atoms with Crippen LogP contribution in [-0.2, 0) is 14.9 Å². The number of aryl methyl sites for hydroxylation is 1. The highest BCUT2D eigenvalue weighted by molar-refractivity contribution is 6.00. The maximum absolute atomic E-state index is 13.5. The van der Waals surface area contributed by atoms with Gasteiger partial charge in [-0.2, -0.15) is 0 Å². The predicted molar refractivity (Wildman–Crippen MR) is 176 cm³/mol. The molecule has 9 rings (SSSR count). The molecule has 1 aromatic heterocycles. The van der Waals surface area contributed by atoms with Gasteiger partial charge in [0.2, 0.25) is 5.91 Å². The Labute approximate surface area is 278 Å². The third-order valence-electron chi connectivity index (χ3n) is 11.8. The molecule has 2 aromatic carbocycles. The number of methoxy groups -OCH3 is 2. The molecule has 1 amide bonds. The van der Waals surface area contributed by atoms with Crippen molar-refractivity contribution >= 4 is 23.5 Å². The van der Waals surface area contributed by atoms with Crippen LogP contribution in [0.1, 0.15) is 56.9 Å². The molecule has 6 atom stereocenters. The van der Waals surface area contributed by atoms with Crippen molar-refractivity contribution in [2.45, 2.75) is 56.7 Å². The van der Waals surface area contributed by atoms with Gasteiger partial charge in [-0.25, -0.2) is 9.59 Å². The topological polar surface area (TPSA) is 131 Å². The molecule has 4 fully saturated rings. The van der Waals surface area contributed by atoms with Crippen molar-refractivity contribution in [3.63, 3.8) is 0 Å². The molecule has 5 aliphatic heterocycles. The number of carboxylic acid groups (broad SMARTS) is 2. The molecule has 2 N–H and O–H groups in total. The van der Waals surface area contributed by atoms with E-state index in [1.54, 1.807) is 56.4 Å². The number of piperidine rings is 2. The second kappa shape index (κ2) is 11.0. The van der Waals surface area contributed by atoms with Crippen LogP contribution in [0.4, 0.5) is 5.69 Å². The first-order chi connectivity index (χ1) is 23.1. The minimum Gasteiger partial charge on any atom is -0.493 e. The summed E-state index contributed by atoms with van der Waals surface area (Å²) in [5, 5.41) is 18.1. The highest BCUT2D eigenvalue weighted by Gasteiger charge is 2.71. The van der Waals surface area contributed by atoms with Crippen LogP contribution in [0, 0.1) is 25.7 Å². The molecule has 6 unspecified atom stereocenters. The second-order valence-corrected chi connectivity index (χ2v) is 13.8. The number of amides is 1. The van der Waals surface area contributed by atoms with Gasteiger partial charge in [0.25, 0.3) is 0 Å². The Kier molecular flexibility index (Phi) is 7.01. The number of fused-ring (bicyclic) bond motifs is 2. The van der Waals surface area contributed by atoms with Gasteiger partial charge in [0.1, 0.15) is 0 Å². The van der Waals surface area contributed by atoms with Gasteiger partial charge >= 0.3 is 11.9 Å². The molecule has 11 heteroatoms. The molecule has 250 valence electrons. The van der Waals surface area contributed by atoms with Crippen molar-refractivity contribution in [3.8, 4) is 17.2 Å². The fourth-order valence-corrected chi connectivity index (χ4v) is 10.0. The van der Waals surface area contributed by atoms with Crippen LogP contribution >= 0.6 is 0 Å². The smallest absolute Gasteiger partial charge is 0.337 e. The third-order valence-corrected chi connectivity index (χ3v) is 11.8. The van der Waals surface area contributed by atoms with Crippen LogP contribution < -0.4 is 14.4 Å². The van der Waals surface area contributed by atoms with Crippen molar-refractivity contribution in [2.75, 3.05) is 38.8 Å². The Morgan fingerprint density at radius 2 is 1.79 bits per heavy atom. The molecule has 3 saturated heterocycles. The lowest BCUT2D eigenvalue weighted by Crippen LogP contribution is -2.69. The van der Waals surface area contributed by atoms with Gasteiger partial charge in [-0.15, -0.1) is 0 Å². The van der Waals surface area contributed by atoms with Crippen molar-refractivity contribution < 1.29 is 38.8 Å². The average molecular weight is 654 g/mol. The molecule has 1 saturated carbocycles. The number of ether oxygens (including phenoxy) is 3. The van der Waals surface area contributed by atoms with Crippen LogP contribution in [0.25, 0.3) is 5.69 Å². The number of hydrogen-bond donors (Lipinski definition) is 2. The SMILES string of the molecule is COc1cc2c(cc1OC)C13CCN4CC5=CCOC6CC(=O)N2C1C6C5CC43.Cc1cc(C(=O)O)c(C)n1-c1cccc(C(=O)O)c1. The standard InChI is InChI=1S/C23H26N2O4.C14H13NO4/c1-27-16-8-14-15(9-17(16)28-2)25-20(26)10-18-21-13-7-19-23(14,22(21)25)4-5-24(19)11-12(13)3-6-29-18;1-8-6-12(14(18)19)9(2)15(8)11-5-3-4-10(7-11)13(16)17/h3,8-9,13,18-19,21-22H,4-7,10-11H2,1-2H3;3-7H,1-2H3,(H,16,17)(H,18,19). The number of anilines is 1. The molecule has 11 nitrogen and oxygen atoms in total. The Bertz CT molecular complexity index is 1910. The van der Waals surface area contributed by atoms with E-state index in [-0.39, 0.29) is 34.6 Å². The Morgan fingerprint density at radius 3 is 2.50 bits per heavy atom. The molecule has 3 aromatic rings. The average Bonchev–Trinajstić information content (AvgIpc) is 3.66. The van der Waals surface area contributed by atoms with Gasteiger partial charge in [0.05, 0.1) is 56.2 Å². The Hall–Kier alpha value is -4.61. The zero-order valence-corrected chi connectivity index (χ0v) is 27.4. The molecular formula is C37H39N3O8. The van der Waals surface area contributed by atoms with Crippen LogP contribution in [0.2, 0.25) is 0 Å². The number of carbonyl (C=O) groups is 3. The van der Waals surface area contributed by atoms with Crippen molar-refractivity contribution in [1.29, 1.82) is 0 Å². The molecule has 6 aliphatic rings. The third kappa shape index (κ3) is 4.16. The van der Waals surface area contributed by atoms with E-state index in [0.717, 1.165) is 36.6 Å². The maximum Gasteiger partial charge on any atom is 0.337 e. The highest BCUT2D eigenvalue weighted by atomic mass is 16.5. The van der Waals surface area contributed by atoms with Gasteiger partial charge < -0.3 is 33.9 Å². The van der Waals surface area contributed by atoms with Crippen molar-refractivity contribution in [3.05, 3.63) is 82.2 Å². The summed E-state index contributed by atoms with van der Waals surface area (Å²) in [6, 6.07) is 12.9. The Balaban J connectivity index is 0.000000155. The molecule has 1 aliphatic carbocycles. The highest BCUT2D eigenvalue weighted by Crippen LogP contribution is 2.66. The monoisotopic (exact) mass is 653 g/mol. The lowest BCUT2D eigenvalue weighted by atomic mass is 9.53. The number of benzene rings is 2. The second-order valence-electron chi connectivity index (χ2n) is 13.8. The van der Waals surface area contributed by atoms with E-state index < -0.39 is 11.9 Å². The number of rotatable bonds is 5. The summed E-state index contributed by atoms with van der Waals surface area (Å²) in [5.74, 6) is 0.571. The molecule has 6 heterocycles. The number of nitrogens with zero attached hydrogens (tertiary/aromatic N) is 3. The van der Waals surface area contributed by atoms with Gasteiger partial charge in [-0.05, 0) is 75.0 Å². The van der Waals surface area contributed by atoms with E-state index in [1.165, 1.54) is 24.1 Å². The van der Waals surface area contributed by atoms with E-state index in [9.17, 15) is 14.4 Å². The number of hydrogen-bond acceptors (Lipinski definition) is 7. The number of carbonyl (C=O) groups excluding carboxylic acids is 1. The maximum atomic E-state index is 13.5. The largest absolute Gasteiger partial charge is 0.493 e. The first-order valence-corrected chi connectivity index (χ1v) is 16.5. The molecule has 48 heavy (non-hydrogen) atoms.